The van der Waals surface area contributed by atoms with Crippen molar-refractivity contribution in [2.75, 3.05) is 6.61 Å². The number of rotatable bonds is 9. The summed E-state index contributed by atoms with van der Waals surface area (Å²) in [6.45, 7) is 6.25. The number of imidazole rings is 1. The number of hydrogen-bond donors (Lipinski definition) is 0. The number of hydrogen-bond acceptors (Lipinski definition) is 3. The molecule has 0 radical (unpaired) electrons. The molecule has 0 aliphatic heterocycles. The van der Waals surface area contributed by atoms with E-state index < -0.39 is 0 Å². The van der Waals surface area contributed by atoms with Gasteiger partial charge >= 0.3 is 0 Å². The summed E-state index contributed by atoms with van der Waals surface area (Å²) in [5, 5.41) is 2.30. The summed E-state index contributed by atoms with van der Waals surface area (Å²) < 4.78 is 14.6. The van der Waals surface area contributed by atoms with E-state index in [-0.39, 0.29) is 0 Å². The zero-order chi connectivity index (χ0) is 23.3. The van der Waals surface area contributed by atoms with Gasteiger partial charge in [0, 0.05) is 11.9 Å². The lowest BCUT2D eigenvalue weighted by Gasteiger charge is -2.13. The van der Waals surface area contributed by atoms with Gasteiger partial charge in [-0.25, -0.2) is 4.98 Å². The molecular formula is C30H30N2O2. The average molecular weight is 451 g/mol. The molecule has 0 saturated carbocycles. The van der Waals surface area contributed by atoms with E-state index >= 15 is 0 Å². The van der Waals surface area contributed by atoms with E-state index in [2.05, 4.69) is 79.1 Å². The second-order valence-electron chi connectivity index (χ2n) is 8.69. The number of aromatic nitrogens is 2. The molecule has 0 fully saturated rings. The molecule has 0 atom stereocenters. The third kappa shape index (κ3) is 4.62. The number of ether oxygens (including phenoxy) is 2. The summed E-state index contributed by atoms with van der Waals surface area (Å²) in [5.41, 5.74) is 4.63. The fourth-order valence-corrected chi connectivity index (χ4v) is 4.38. The third-order valence-electron chi connectivity index (χ3n) is 6.43. The van der Waals surface area contributed by atoms with Gasteiger partial charge in [0.25, 0.3) is 0 Å². The van der Waals surface area contributed by atoms with Crippen molar-refractivity contribution in [3.05, 3.63) is 102 Å². The Kier molecular flexibility index (Phi) is 6.48. The molecule has 0 bridgehead atoms. The number of benzene rings is 4. The minimum atomic E-state index is 0.432. The zero-order valence-corrected chi connectivity index (χ0v) is 19.8. The Hall–Kier alpha value is -3.79. The second kappa shape index (κ2) is 10.0. The summed E-state index contributed by atoms with van der Waals surface area (Å²) >= 11 is 0. The van der Waals surface area contributed by atoms with Gasteiger partial charge in [-0.1, -0.05) is 60.7 Å². The molecule has 0 aliphatic rings. The number of unbranched alkanes of at least 4 members (excludes halogenated alkanes) is 1. The van der Waals surface area contributed by atoms with Gasteiger partial charge in [-0.15, -0.1) is 0 Å². The molecule has 5 aromatic rings. The molecule has 4 aromatic carbocycles. The monoisotopic (exact) mass is 450 g/mol. The van der Waals surface area contributed by atoms with Crippen molar-refractivity contribution in [1.29, 1.82) is 0 Å². The lowest BCUT2D eigenvalue weighted by molar-refractivity contribution is 0.287. The van der Waals surface area contributed by atoms with Crippen LogP contribution in [0.15, 0.2) is 84.9 Å². The Labute approximate surface area is 200 Å². The van der Waals surface area contributed by atoms with Crippen LogP contribution in [-0.4, -0.2) is 16.2 Å². The van der Waals surface area contributed by atoms with Crippen molar-refractivity contribution in [3.63, 3.8) is 0 Å². The van der Waals surface area contributed by atoms with E-state index in [0.717, 1.165) is 53.1 Å². The summed E-state index contributed by atoms with van der Waals surface area (Å²) in [6, 6.07) is 29.0. The standard InChI is InChI=1S/C30H30N2O2/c1-22-11-9-17-28(23(22)2)33-20-8-7-19-32-27-16-6-5-15-26(27)31-30(32)21-34-29-18-10-13-24-12-3-4-14-25(24)29/h3-6,9-18H,7-8,19-21H2,1-2H3. The van der Waals surface area contributed by atoms with E-state index in [1.165, 1.54) is 16.5 Å². The molecule has 0 aliphatic carbocycles. The Morgan fingerprint density at radius 2 is 1.50 bits per heavy atom. The maximum atomic E-state index is 6.28. The molecule has 172 valence electrons. The molecule has 34 heavy (non-hydrogen) atoms. The Balaban J connectivity index is 1.27. The van der Waals surface area contributed by atoms with Crippen LogP contribution in [0.25, 0.3) is 21.8 Å². The predicted octanol–water partition coefficient (Wildman–Crippen LogP) is 7.24. The van der Waals surface area contributed by atoms with Crippen LogP contribution < -0.4 is 9.47 Å². The highest BCUT2D eigenvalue weighted by Crippen LogP contribution is 2.27. The molecule has 0 spiro atoms. The quantitative estimate of drug-likeness (QED) is 0.222. The molecule has 0 saturated heterocycles. The molecule has 1 aromatic heterocycles. The Morgan fingerprint density at radius 1 is 0.735 bits per heavy atom. The largest absolute Gasteiger partial charge is 0.493 e. The number of aryl methyl sites for hydroxylation is 2. The van der Waals surface area contributed by atoms with Gasteiger partial charge in [-0.05, 0) is 67.5 Å². The second-order valence-corrected chi connectivity index (χ2v) is 8.69. The van der Waals surface area contributed by atoms with E-state index in [0.29, 0.717) is 13.2 Å². The van der Waals surface area contributed by atoms with Gasteiger partial charge in [0.15, 0.2) is 0 Å². The lowest BCUT2D eigenvalue weighted by atomic mass is 10.1. The van der Waals surface area contributed by atoms with Crippen molar-refractivity contribution in [2.45, 2.75) is 39.8 Å². The highest BCUT2D eigenvalue weighted by molar-refractivity contribution is 5.88. The molecule has 0 N–H and O–H groups in total. The highest BCUT2D eigenvalue weighted by Gasteiger charge is 2.12. The smallest absolute Gasteiger partial charge is 0.147 e. The fraction of sp³-hybridized carbons (Fsp3) is 0.233. The van der Waals surface area contributed by atoms with Crippen LogP contribution in [0.2, 0.25) is 0 Å². The van der Waals surface area contributed by atoms with Crippen LogP contribution in [0.3, 0.4) is 0 Å². The molecule has 4 heteroatoms. The first-order chi connectivity index (χ1) is 16.7. The summed E-state index contributed by atoms with van der Waals surface area (Å²) in [4.78, 5) is 4.88. The number of para-hydroxylation sites is 2. The summed E-state index contributed by atoms with van der Waals surface area (Å²) in [6.07, 6.45) is 1.98. The lowest BCUT2D eigenvalue weighted by Crippen LogP contribution is -2.09. The maximum absolute atomic E-state index is 6.28. The Bertz CT molecular complexity index is 1420. The van der Waals surface area contributed by atoms with Crippen LogP contribution in [-0.2, 0) is 13.2 Å². The molecule has 0 unspecified atom stereocenters. The third-order valence-corrected chi connectivity index (χ3v) is 6.43. The minimum Gasteiger partial charge on any atom is -0.493 e. The van der Waals surface area contributed by atoms with Crippen LogP contribution in [0.5, 0.6) is 11.5 Å². The van der Waals surface area contributed by atoms with Crippen molar-refractivity contribution in [1.82, 2.24) is 9.55 Å². The molecular weight excluding hydrogens is 420 g/mol. The summed E-state index contributed by atoms with van der Waals surface area (Å²) in [5.74, 6) is 2.82. The van der Waals surface area contributed by atoms with Crippen LogP contribution in [0.4, 0.5) is 0 Å². The van der Waals surface area contributed by atoms with Crippen LogP contribution in [0, 0.1) is 13.8 Å². The molecule has 1 heterocycles. The van der Waals surface area contributed by atoms with E-state index in [1.54, 1.807) is 0 Å². The van der Waals surface area contributed by atoms with Crippen molar-refractivity contribution >= 4 is 21.8 Å². The molecule has 5 rings (SSSR count). The van der Waals surface area contributed by atoms with Gasteiger partial charge in [-0.2, -0.15) is 0 Å². The number of fused-ring (bicyclic) bond motifs is 2. The number of nitrogens with zero attached hydrogens (tertiary/aromatic N) is 2. The highest BCUT2D eigenvalue weighted by atomic mass is 16.5. The molecule has 4 nitrogen and oxygen atoms in total. The summed E-state index contributed by atoms with van der Waals surface area (Å²) in [7, 11) is 0. The first kappa shape index (κ1) is 22.0. The van der Waals surface area contributed by atoms with E-state index in [1.807, 2.05) is 24.3 Å². The van der Waals surface area contributed by atoms with Crippen LogP contribution >= 0.6 is 0 Å². The van der Waals surface area contributed by atoms with Gasteiger partial charge in [0.1, 0.15) is 23.9 Å². The minimum absolute atomic E-state index is 0.432. The predicted molar refractivity (Wildman–Crippen MR) is 139 cm³/mol. The van der Waals surface area contributed by atoms with Crippen molar-refractivity contribution in [2.24, 2.45) is 0 Å². The van der Waals surface area contributed by atoms with Crippen molar-refractivity contribution < 1.29 is 9.47 Å². The normalized spacial score (nSPS) is 11.2. The first-order valence-corrected chi connectivity index (χ1v) is 11.9. The average Bonchev–Trinajstić information content (AvgIpc) is 3.22. The van der Waals surface area contributed by atoms with E-state index in [9.17, 15) is 0 Å². The van der Waals surface area contributed by atoms with Gasteiger partial charge in [0.2, 0.25) is 0 Å². The van der Waals surface area contributed by atoms with E-state index in [4.69, 9.17) is 14.5 Å². The van der Waals surface area contributed by atoms with Gasteiger partial charge in [0.05, 0.1) is 17.6 Å². The SMILES string of the molecule is Cc1cccc(OCCCCn2c(COc3cccc4ccccc34)nc3ccccc32)c1C. The Morgan fingerprint density at radius 3 is 2.44 bits per heavy atom. The van der Waals surface area contributed by atoms with Gasteiger partial charge in [-0.3, -0.25) is 0 Å². The first-order valence-electron chi connectivity index (χ1n) is 11.9. The topological polar surface area (TPSA) is 36.3 Å². The van der Waals surface area contributed by atoms with Crippen molar-refractivity contribution in [3.8, 4) is 11.5 Å². The zero-order valence-electron chi connectivity index (χ0n) is 19.8. The van der Waals surface area contributed by atoms with Crippen LogP contribution in [0.1, 0.15) is 29.8 Å². The fourth-order valence-electron chi connectivity index (χ4n) is 4.38. The maximum Gasteiger partial charge on any atom is 0.147 e. The molecule has 0 amide bonds. The van der Waals surface area contributed by atoms with Gasteiger partial charge < -0.3 is 14.0 Å².